The first-order valence-corrected chi connectivity index (χ1v) is 3.26. The van der Waals surface area contributed by atoms with E-state index in [0.29, 0.717) is 5.09 Å². The maximum Gasteiger partial charge on any atom is 1.00 e. The second kappa shape index (κ2) is 6.07. The monoisotopic (exact) mass is 184 g/mol. The maximum atomic E-state index is 9.33. The molecule has 0 spiro atoms. The van der Waals surface area contributed by atoms with Gasteiger partial charge in [-0.1, -0.05) is 0 Å². The summed E-state index contributed by atoms with van der Waals surface area (Å²) in [7, 11) is 0. The smallest absolute Gasteiger partial charge is 0.691 e. The van der Waals surface area contributed by atoms with Crippen molar-refractivity contribution in [1.29, 1.82) is 0 Å². The standard InChI is InChI=1S/C5H6O4S.Na/c1-4-2-3-5(7-4)10-9-8-6;/h2-3,6H,1H3;/q;+1/p-1. The normalized spacial score (nSPS) is 9.27. The van der Waals surface area contributed by atoms with E-state index in [0.717, 1.165) is 17.8 Å². The van der Waals surface area contributed by atoms with Crippen molar-refractivity contribution < 1.29 is 48.6 Å². The first-order chi connectivity index (χ1) is 4.83. The van der Waals surface area contributed by atoms with Crippen molar-refractivity contribution in [1.82, 2.24) is 0 Å². The predicted octanol–water partition coefficient (Wildman–Crippen LogP) is -2.18. The summed E-state index contributed by atoms with van der Waals surface area (Å²) in [5, 5.41) is 12.9. The summed E-state index contributed by atoms with van der Waals surface area (Å²) < 4.78 is 9.00. The quantitative estimate of drug-likeness (QED) is 0.231. The Morgan fingerprint density at radius 3 is 2.73 bits per heavy atom. The van der Waals surface area contributed by atoms with Gasteiger partial charge in [-0.15, -0.1) is 0 Å². The molecule has 0 aromatic carbocycles. The van der Waals surface area contributed by atoms with Gasteiger partial charge in [0.25, 0.3) is 0 Å². The van der Waals surface area contributed by atoms with Crippen molar-refractivity contribution >= 4 is 12.0 Å². The van der Waals surface area contributed by atoms with Crippen LogP contribution in [-0.4, -0.2) is 0 Å². The zero-order valence-corrected chi connectivity index (χ0v) is 9.01. The van der Waals surface area contributed by atoms with E-state index < -0.39 is 0 Å². The van der Waals surface area contributed by atoms with Crippen LogP contribution in [0.4, 0.5) is 0 Å². The average molecular weight is 184 g/mol. The van der Waals surface area contributed by atoms with Gasteiger partial charge >= 0.3 is 29.6 Å². The average Bonchev–Trinajstić information content (AvgIpc) is 2.31. The molecule has 0 amide bonds. The molecule has 0 fully saturated rings. The minimum Gasteiger partial charge on any atom is -0.691 e. The van der Waals surface area contributed by atoms with E-state index in [9.17, 15) is 5.26 Å². The summed E-state index contributed by atoms with van der Waals surface area (Å²) in [6, 6.07) is 3.44. The molecule has 0 radical (unpaired) electrons. The van der Waals surface area contributed by atoms with Crippen LogP contribution in [0.25, 0.3) is 0 Å². The molecule has 56 valence electrons. The molecule has 6 heteroatoms. The molecule has 1 aromatic heterocycles. The van der Waals surface area contributed by atoms with Gasteiger partial charge in [0.2, 0.25) is 0 Å². The summed E-state index contributed by atoms with van der Waals surface area (Å²) in [6.07, 6.45) is 0. The molecule has 0 saturated heterocycles. The molecule has 1 rings (SSSR count). The summed E-state index contributed by atoms with van der Waals surface area (Å²) in [6.45, 7) is 1.79. The van der Waals surface area contributed by atoms with Gasteiger partial charge in [-0.3, -0.25) is 5.04 Å². The fourth-order valence-corrected chi connectivity index (χ4v) is 0.888. The second-order valence-electron chi connectivity index (χ2n) is 1.58. The Labute approximate surface area is 90.2 Å². The van der Waals surface area contributed by atoms with Gasteiger partial charge in [-0.2, -0.15) is 4.33 Å². The van der Waals surface area contributed by atoms with Crippen LogP contribution in [0.3, 0.4) is 0 Å². The van der Waals surface area contributed by atoms with E-state index >= 15 is 0 Å². The van der Waals surface area contributed by atoms with Gasteiger partial charge in [0, 0.05) is 0 Å². The molecule has 0 aliphatic carbocycles. The molecule has 0 N–H and O–H groups in total. The van der Waals surface area contributed by atoms with Gasteiger partial charge in [-0.25, -0.2) is 0 Å². The Morgan fingerprint density at radius 2 is 2.27 bits per heavy atom. The third kappa shape index (κ3) is 4.17. The largest absolute Gasteiger partial charge is 1.00 e. The number of furan rings is 1. The van der Waals surface area contributed by atoms with Crippen LogP contribution >= 0.6 is 12.0 Å². The van der Waals surface area contributed by atoms with Crippen LogP contribution in [0.2, 0.25) is 0 Å². The third-order valence-electron chi connectivity index (χ3n) is 0.860. The van der Waals surface area contributed by atoms with Crippen molar-refractivity contribution in [2.45, 2.75) is 12.0 Å². The van der Waals surface area contributed by atoms with Gasteiger partial charge in [0.1, 0.15) is 17.8 Å². The number of hydrogen-bond donors (Lipinski definition) is 0. The number of rotatable bonds is 3. The Kier molecular flexibility index (Phi) is 6.36. The fourth-order valence-electron chi connectivity index (χ4n) is 0.504. The Morgan fingerprint density at radius 1 is 1.55 bits per heavy atom. The molecule has 1 aromatic rings. The fraction of sp³-hybridized carbons (Fsp3) is 0.200. The summed E-state index contributed by atoms with van der Waals surface area (Å²) in [5.74, 6) is 0.761. The van der Waals surface area contributed by atoms with E-state index in [4.69, 9.17) is 4.42 Å². The topological polar surface area (TPSA) is 54.7 Å². The van der Waals surface area contributed by atoms with Gasteiger partial charge < -0.3 is 9.67 Å². The van der Waals surface area contributed by atoms with Crippen LogP contribution in [-0.2, 0) is 9.37 Å². The third-order valence-corrected chi connectivity index (χ3v) is 1.37. The van der Waals surface area contributed by atoms with Gasteiger partial charge in [0.15, 0.2) is 5.09 Å². The van der Waals surface area contributed by atoms with E-state index in [1.165, 1.54) is 0 Å². The first kappa shape index (κ1) is 11.5. The van der Waals surface area contributed by atoms with E-state index in [1.807, 2.05) is 0 Å². The Balaban J connectivity index is 0.000001000. The molecule has 11 heavy (non-hydrogen) atoms. The minimum absolute atomic E-state index is 0. The van der Waals surface area contributed by atoms with Crippen LogP contribution in [0.1, 0.15) is 5.76 Å². The van der Waals surface area contributed by atoms with Crippen LogP contribution < -0.4 is 34.8 Å². The van der Waals surface area contributed by atoms with Gasteiger partial charge in [-0.05, 0) is 19.1 Å². The van der Waals surface area contributed by atoms with Crippen LogP contribution in [0.15, 0.2) is 21.6 Å². The molecule has 0 aliphatic rings. The SMILES string of the molecule is Cc1ccc(SOO[O-])o1.[Na+]. The molecular formula is C5H5NaO4S. The maximum absolute atomic E-state index is 9.33. The summed E-state index contributed by atoms with van der Waals surface area (Å²) in [4.78, 5) is 0. The first-order valence-electron chi connectivity index (χ1n) is 2.52. The molecule has 0 atom stereocenters. The van der Waals surface area contributed by atoms with Gasteiger partial charge in [0.05, 0.1) is 0 Å². The molecule has 0 saturated carbocycles. The van der Waals surface area contributed by atoms with Crippen molar-refractivity contribution in [2.75, 3.05) is 0 Å². The Hall–Kier alpha value is 0.510. The van der Waals surface area contributed by atoms with Crippen molar-refractivity contribution in [2.24, 2.45) is 0 Å². The minimum atomic E-state index is 0. The molecular weight excluding hydrogens is 179 g/mol. The van der Waals surface area contributed by atoms with Crippen molar-refractivity contribution in [3.8, 4) is 0 Å². The molecule has 1 heterocycles. The number of aryl methyl sites for hydroxylation is 1. The molecule has 0 aliphatic heterocycles. The second-order valence-corrected chi connectivity index (χ2v) is 2.29. The zero-order valence-electron chi connectivity index (χ0n) is 6.20. The Bertz CT molecular complexity index is 202. The van der Waals surface area contributed by atoms with Crippen molar-refractivity contribution in [3.05, 3.63) is 17.9 Å². The van der Waals surface area contributed by atoms with Crippen molar-refractivity contribution in [3.63, 3.8) is 0 Å². The zero-order chi connectivity index (χ0) is 7.40. The molecule has 0 bridgehead atoms. The van der Waals surface area contributed by atoms with Crippen LogP contribution in [0, 0.1) is 6.92 Å². The van der Waals surface area contributed by atoms with E-state index in [2.05, 4.69) is 9.37 Å². The van der Waals surface area contributed by atoms with Crippen LogP contribution in [0.5, 0.6) is 0 Å². The summed E-state index contributed by atoms with van der Waals surface area (Å²) in [5.41, 5.74) is 0. The predicted molar refractivity (Wildman–Crippen MR) is 31.5 cm³/mol. The summed E-state index contributed by atoms with van der Waals surface area (Å²) >= 11 is 0.740. The number of hydrogen-bond acceptors (Lipinski definition) is 5. The van der Waals surface area contributed by atoms with E-state index in [1.54, 1.807) is 19.1 Å². The van der Waals surface area contributed by atoms with E-state index in [-0.39, 0.29) is 29.6 Å². The molecule has 0 unspecified atom stereocenters. The molecule has 4 nitrogen and oxygen atoms in total.